The first-order chi connectivity index (χ1) is 18.0. The second-order valence-electron chi connectivity index (χ2n) is 10.7. The van der Waals surface area contributed by atoms with E-state index in [2.05, 4.69) is 147 Å². The molecule has 0 aromatic heterocycles. The fraction of sp³-hybridized carbons (Fsp3) is 0.111. The van der Waals surface area contributed by atoms with Crippen LogP contribution in [0.25, 0.3) is 43.8 Å². The van der Waals surface area contributed by atoms with E-state index in [1.807, 2.05) is 0 Å². The van der Waals surface area contributed by atoms with Crippen LogP contribution in [0, 0.1) is 0 Å². The van der Waals surface area contributed by atoms with E-state index in [-0.39, 0.29) is 5.41 Å². The standard InChI is InChI=1S/C36H29N/c1-36(2)33-22-26-14-8-7-13-25(26)20-31(33)32-21-27-17-18-29(19-28(27)23-34(32)36)37(3)35-16-10-9-15-30(35)24-11-5-4-6-12-24/h4-23H,1-3H3. The van der Waals surface area contributed by atoms with Gasteiger partial charge in [0, 0.05) is 29.4 Å². The number of nitrogens with zero attached hydrogens (tertiary/aromatic N) is 1. The van der Waals surface area contributed by atoms with Gasteiger partial charge in [0.15, 0.2) is 0 Å². The maximum absolute atomic E-state index is 2.43. The Labute approximate surface area is 218 Å². The van der Waals surface area contributed by atoms with Gasteiger partial charge in [-0.25, -0.2) is 0 Å². The Morgan fingerprint density at radius 3 is 1.78 bits per heavy atom. The summed E-state index contributed by atoms with van der Waals surface area (Å²) in [7, 11) is 2.17. The van der Waals surface area contributed by atoms with E-state index in [0.29, 0.717) is 0 Å². The molecule has 0 amide bonds. The zero-order valence-electron chi connectivity index (χ0n) is 21.5. The Balaban J connectivity index is 1.35. The van der Waals surface area contributed by atoms with Crippen molar-refractivity contribution in [1.29, 1.82) is 0 Å². The Kier molecular flexibility index (Phi) is 4.78. The number of para-hydroxylation sites is 1. The van der Waals surface area contributed by atoms with Crippen molar-refractivity contribution in [2.45, 2.75) is 19.3 Å². The lowest BCUT2D eigenvalue weighted by Gasteiger charge is -2.24. The highest BCUT2D eigenvalue weighted by atomic mass is 15.1. The largest absolute Gasteiger partial charge is 0.344 e. The summed E-state index contributed by atoms with van der Waals surface area (Å²) >= 11 is 0. The lowest BCUT2D eigenvalue weighted by molar-refractivity contribution is 0.662. The van der Waals surface area contributed by atoms with Gasteiger partial charge in [-0.2, -0.15) is 0 Å². The summed E-state index contributed by atoms with van der Waals surface area (Å²) in [5, 5.41) is 5.18. The molecule has 0 bridgehead atoms. The summed E-state index contributed by atoms with van der Waals surface area (Å²) in [6.45, 7) is 4.73. The van der Waals surface area contributed by atoms with Crippen LogP contribution in [-0.4, -0.2) is 7.05 Å². The van der Waals surface area contributed by atoms with Crippen molar-refractivity contribution in [2.24, 2.45) is 0 Å². The fourth-order valence-corrected chi connectivity index (χ4v) is 6.13. The van der Waals surface area contributed by atoms with Crippen molar-refractivity contribution in [3.05, 3.63) is 132 Å². The van der Waals surface area contributed by atoms with Crippen molar-refractivity contribution in [1.82, 2.24) is 0 Å². The van der Waals surface area contributed by atoms with Crippen LogP contribution in [0.4, 0.5) is 11.4 Å². The molecule has 7 rings (SSSR count). The van der Waals surface area contributed by atoms with Crippen molar-refractivity contribution in [3.8, 4) is 22.3 Å². The molecule has 0 radical (unpaired) electrons. The third-order valence-electron chi connectivity index (χ3n) is 8.22. The molecule has 6 aromatic rings. The average Bonchev–Trinajstić information content (AvgIpc) is 3.15. The molecule has 0 saturated carbocycles. The maximum atomic E-state index is 2.43. The van der Waals surface area contributed by atoms with E-state index in [4.69, 9.17) is 0 Å². The minimum atomic E-state index is -0.0370. The van der Waals surface area contributed by atoms with E-state index in [1.54, 1.807) is 0 Å². The van der Waals surface area contributed by atoms with E-state index in [9.17, 15) is 0 Å². The first-order valence-electron chi connectivity index (χ1n) is 13.0. The van der Waals surface area contributed by atoms with Gasteiger partial charge in [0.1, 0.15) is 0 Å². The van der Waals surface area contributed by atoms with Crippen LogP contribution in [0.2, 0.25) is 0 Å². The lowest BCUT2D eigenvalue weighted by atomic mass is 9.81. The van der Waals surface area contributed by atoms with Gasteiger partial charge in [0.2, 0.25) is 0 Å². The zero-order valence-corrected chi connectivity index (χ0v) is 21.5. The smallest absolute Gasteiger partial charge is 0.0487 e. The molecule has 1 nitrogen and oxygen atoms in total. The first kappa shape index (κ1) is 21.9. The van der Waals surface area contributed by atoms with Crippen LogP contribution >= 0.6 is 0 Å². The maximum Gasteiger partial charge on any atom is 0.0487 e. The number of hydrogen-bond acceptors (Lipinski definition) is 1. The molecule has 37 heavy (non-hydrogen) atoms. The molecule has 0 aliphatic heterocycles. The highest BCUT2D eigenvalue weighted by Gasteiger charge is 2.36. The van der Waals surface area contributed by atoms with Crippen molar-refractivity contribution >= 4 is 32.9 Å². The Morgan fingerprint density at radius 2 is 1.05 bits per heavy atom. The summed E-state index contributed by atoms with van der Waals surface area (Å²) in [5.41, 5.74) is 10.4. The average molecular weight is 476 g/mol. The molecule has 0 N–H and O–H groups in total. The zero-order chi connectivity index (χ0) is 25.1. The van der Waals surface area contributed by atoms with Gasteiger partial charge in [0.05, 0.1) is 0 Å². The van der Waals surface area contributed by atoms with Crippen LogP contribution in [0.5, 0.6) is 0 Å². The highest BCUT2D eigenvalue weighted by Crippen LogP contribution is 2.51. The third kappa shape index (κ3) is 3.38. The van der Waals surface area contributed by atoms with E-state index >= 15 is 0 Å². The topological polar surface area (TPSA) is 3.24 Å². The predicted molar refractivity (Wildman–Crippen MR) is 159 cm³/mol. The Bertz CT molecular complexity index is 1810. The van der Waals surface area contributed by atoms with E-state index in [1.165, 1.54) is 66.3 Å². The van der Waals surface area contributed by atoms with Gasteiger partial charge in [0.25, 0.3) is 0 Å². The number of benzene rings is 6. The van der Waals surface area contributed by atoms with Gasteiger partial charge in [-0.15, -0.1) is 0 Å². The van der Waals surface area contributed by atoms with Gasteiger partial charge < -0.3 is 4.90 Å². The van der Waals surface area contributed by atoms with Crippen LogP contribution < -0.4 is 4.90 Å². The molecule has 0 atom stereocenters. The van der Waals surface area contributed by atoms with Gasteiger partial charge in [-0.3, -0.25) is 0 Å². The highest BCUT2D eigenvalue weighted by molar-refractivity contribution is 5.99. The molecule has 0 unspecified atom stereocenters. The molecule has 1 aliphatic rings. The fourth-order valence-electron chi connectivity index (χ4n) is 6.13. The van der Waals surface area contributed by atoms with Gasteiger partial charge >= 0.3 is 0 Å². The molecule has 1 aliphatic carbocycles. The molecule has 0 spiro atoms. The molecule has 178 valence electrons. The minimum Gasteiger partial charge on any atom is -0.344 e. The number of anilines is 2. The number of hydrogen-bond donors (Lipinski definition) is 0. The Morgan fingerprint density at radius 1 is 0.486 bits per heavy atom. The van der Waals surface area contributed by atoms with E-state index in [0.717, 1.165) is 0 Å². The molecule has 0 fully saturated rings. The van der Waals surface area contributed by atoms with Gasteiger partial charge in [-0.1, -0.05) is 92.7 Å². The normalized spacial score (nSPS) is 13.5. The second-order valence-corrected chi connectivity index (χ2v) is 10.7. The lowest BCUT2D eigenvalue weighted by Crippen LogP contribution is -2.15. The number of rotatable bonds is 3. The van der Waals surface area contributed by atoms with Crippen molar-refractivity contribution < 1.29 is 0 Å². The third-order valence-corrected chi connectivity index (χ3v) is 8.22. The monoisotopic (exact) mass is 475 g/mol. The molecule has 6 aromatic carbocycles. The Hall–Kier alpha value is -4.36. The van der Waals surface area contributed by atoms with Crippen molar-refractivity contribution in [3.63, 3.8) is 0 Å². The number of fused-ring (bicyclic) bond motifs is 5. The van der Waals surface area contributed by atoms with Crippen LogP contribution in [0.1, 0.15) is 25.0 Å². The SMILES string of the molecule is CN(c1ccc2cc3c(cc2c1)C(C)(C)c1cc2ccccc2cc1-3)c1ccccc1-c1ccccc1. The van der Waals surface area contributed by atoms with E-state index < -0.39 is 0 Å². The van der Waals surface area contributed by atoms with Crippen LogP contribution in [0.3, 0.4) is 0 Å². The van der Waals surface area contributed by atoms with Crippen molar-refractivity contribution in [2.75, 3.05) is 11.9 Å². The molecular formula is C36H29N. The van der Waals surface area contributed by atoms with Crippen LogP contribution in [0.15, 0.2) is 121 Å². The van der Waals surface area contributed by atoms with Gasteiger partial charge in [-0.05, 0) is 91.8 Å². The first-order valence-corrected chi connectivity index (χ1v) is 13.0. The minimum absolute atomic E-state index is 0.0370. The molecule has 1 heteroatoms. The molecule has 0 saturated heterocycles. The summed E-state index contributed by atoms with van der Waals surface area (Å²) in [6.07, 6.45) is 0. The summed E-state index contributed by atoms with van der Waals surface area (Å²) in [6, 6.07) is 44.5. The molecular weight excluding hydrogens is 446 g/mol. The predicted octanol–water partition coefficient (Wildman–Crippen LogP) is 9.73. The summed E-state index contributed by atoms with van der Waals surface area (Å²) < 4.78 is 0. The summed E-state index contributed by atoms with van der Waals surface area (Å²) in [5.74, 6) is 0. The van der Waals surface area contributed by atoms with Crippen LogP contribution in [-0.2, 0) is 5.41 Å². The quantitative estimate of drug-likeness (QED) is 0.246. The molecule has 0 heterocycles. The summed E-state index contributed by atoms with van der Waals surface area (Å²) in [4.78, 5) is 2.31. The second kappa shape index (κ2) is 8.08.